The van der Waals surface area contributed by atoms with Crippen LogP contribution in [0.1, 0.15) is 34.3 Å². The minimum absolute atomic E-state index is 0.0140. The van der Waals surface area contributed by atoms with Gasteiger partial charge < -0.3 is 18.8 Å². The first kappa shape index (κ1) is 18.3. The first-order valence-corrected chi connectivity index (χ1v) is 9.62. The minimum atomic E-state index is -0.0140. The molecule has 6 nitrogen and oxygen atoms in total. The van der Waals surface area contributed by atoms with E-state index < -0.39 is 0 Å². The van der Waals surface area contributed by atoms with Crippen LogP contribution in [-0.2, 0) is 11.3 Å². The number of benzene rings is 1. The van der Waals surface area contributed by atoms with Gasteiger partial charge in [-0.2, -0.15) is 0 Å². The maximum atomic E-state index is 13.3. The number of furan rings is 1. The SMILES string of the molecule is CC(=O)N1CCN(C(=O)c2cc3oc(C)cc3n2Cc2cccc(C)c2)CC1. The van der Waals surface area contributed by atoms with Gasteiger partial charge in [0.15, 0.2) is 5.58 Å². The molecule has 0 bridgehead atoms. The average molecular weight is 379 g/mol. The zero-order valence-electron chi connectivity index (χ0n) is 16.6. The average Bonchev–Trinajstić information content (AvgIpc) is 3.18. The number of piperazine rings is 1. The molecule has 0 spiro atoms. The molecular formula is C22H25N3O3. The molecule has 146 valence electrons. The van der Waals surface area contributed by atoms with E-state index in [1.165, 1.54) is 5.56 Å². The van der Waals surface area contributed by atoms with Crippen LogP contribution in [0.15, 0.2) is 40.8 Å². The quantitative estimate of drug-likeness (QED) is 0.702. The van der Waals surface area contributed by atoms with Crippen molar-refractivity contribution in [3.05, 3.63) is 59.0 Å². The highest BCUT2D eigenvalue weighted by molar-refractivity contribution is 5.98. The van der Waals surface area contributed by atoms with Crippen LogP contribution in [0.4, 0.5) is 0 Å². The van der Waals surface area contributed by atoms with Gasteiger partial charge in [-0.05, 0) is 19.4 Å². The van der Waals surface area contributed by atoms with Gasteiger partial charge in [-0.25, -0.2) is 0 Å². The molecule has 28 heavy (non-hydrogen) atoms. The van der Waals surface area contributed by atoms with E-state index in [4.69, 9.17) is 4.42 Å². The van der Waals surface area contributed by atoms with Gasteiger partial charge in [-0.15, -0.1) is 0 Å². The number of hydrogen-bond donors (Lipinski definition) is 0. The van der Waals surface area contributed by atoms with E-state index in [1.54, 1.807) is 11.8 Å². The Morgan fingerprint density at radius 1 is 1.00 bits per heavy atom. The van der Waals surface area contributed by atoms with Gasteiger partial charge in [0.05, 0.1) is 5.52 Å². The van der Waals surface area contributed by atoms with Crippen molar-refractivity contribution in [1.29, 1.82) is 0 Å². The summed E-state index contributed by atoms with van der Waals surface area (Å²) < 4.78 is 7.83. The third-order valence-electron chi connectivity index (χ3n) is 5.37. The number of nitrogens with zero attached hydrogens (tertiary/aromatic N) is 3. The first-order valence-electron chi connectivity index (χ1n) is 9.62. The summed E-state index contributed by atoms with van der Waals surface area (Å²) in [5.74, 6) is 0.875. The minimum Gasteiger partial charge on any atom is -0.460 e. The second kappa shape index (κ2) is 7.19. The lowest BCUT2D eigenvalue weighted by atomic mass is 10.1. The lowest BCUT2D eigenvalue weighted by molar-refractivity contribution is -0.130. The molecule has 4 rings (SSSR count). The highest BCUT2D eigenvalue weighted by Gasteiger charge is 2.27. The molecule has 1 saturated heterocycles. The van der Waals surface area contributed by atoms with Crippen LogP contribution < -0.4 is 0 Å². The van der Waals surface area contributed by atoms with Crippen molar-refractivity contribution in [1.82, 2.24) is 14.4 Å². The van der Waals surface area contributed by atoms with Crippen molar-refractivity contribution < 1.29 is 14.0 Å². The molecule has 2 amide bonds. The van der Waals surface area contributed by atoms with E-state index in [9.17, 15) is 9.59 Å². The van der Waals surface area contributed by atoms with Crippen molar-refractivity contribution in [3.8, 4) is 0 Å². The maximum Gasteiger partial charge on any atom is 0.270 e. The molecule has 1 aromatic carbocycles. The molecule has 3 heterocycles. The number of hydrogen-bond acceptors (Lipinski definition) is 3. The van der Waals surface area contributed by atoms with Crippen LogP contribution in [0, 0.1) is 13.8 Å². The molecule has 0 saturated carbocycles. The molecule has 1 aliphatic heterocycles. The number of amides is 2. The summed E-state index contributed by atoms with van der Waals surface area (Å²) >= 11 is 0. The zero-order chi connectivity index (χ0) is 19.8. The van der Waals surface area contributed by atoms with Gasteiger partial charge in [-0.1, -0.05) is 29.8 Å². The number of aromatic nitrogens is 1. The van der Waals surface area contributed by atoms with Crippen LogP contribution in [0.5, 0.6) is 0 Å². The summed E-state index contributed by atoms with van der Waals surface area (Å²) in [5.41, 5.74) is 4.64. The Bertz CT molecular complexity index is 1040. The smallest absolute Gasteiger partial charge is 0.270 e. The number of aryl methyl sites for hydroxylation is 2. The zero-order valence-corrected chi connectivity index (χ0v) is 16.6. The van der Waals surface area contributed by atoms with Crippen molar-refractivity contribution in [2.45, 2.75) is 27.3 Å². The summed E-state index contributed by atoms with van der Waals surface area (Å²) in [6.45, 7) is 8.42. The standard InChI is InChI=1S/C22H25N3O3/c1-15-5-4-6-18(11-15)14-25-19-12-16(2)28-21(19)13-20(25)22(27)24-9-7-23(8-10-24)17(3)26/h4-6,11-13H,7-10,14H2,1-3H3. The highest BCUT2D eigenvalue weighted by atomic mass is 16.3. The van der Waals surface area contributed by atoms with E-state index in [-0.39, 0.29) is 11.8 Å². The van der Waals surface area contributed by atoms with Gasteiger partial charge >= 0.3 is 0 Å². The van der Waals surface area contributed by atoms with Gasteiger partial charge in [0.25, 0.3) is 5.91 Å². The molecule has 0 radical (unpaired) electrons. The topological polar surface area (TPSA) is 58.7 Å². The van der Waals surface area contributed by atoms with Crippen molar-refractivity contribution in [2.24, 2.45) is 0 Å². The second-order valence-electron chi connectivity index (χ2n) is 7.51. The maximum absolute atomic E-state index is 13.3. The Kier molecular flexibility index (Phi) is 4.71. The van der Waals surface area contributed by atoms with E-state index in [0.717, 1.165) is 22.4 Å². The van der Waals surface area contributed by atoms with Crippen molar-refractivity contribution in [2.75, 3.05) is 26.2 Å². The normalized spacial score (nSPS) is 14.7. The van der Waals surface area contributed by atoms with Crippen LogP contribution in [0.2, 0.25) is 0 Å². The number of fused-ring (bicyclic) bond motifs is 1. The second-order valence-corrected chi connectivity index (χ2v) is 7.51. The van der Waals surface area contributed by atoms with Crippen LogP contribution in [0.25, 0.3) is 11.1 Å². The molecule has 0 atom stereocenters. The van der Waals surface area contributed by atoms with Gasteiger partial charge in [0, 0.05) is 51.8 Å². The molecule has 2 aromatic heterocycles. The summed E-state index contributed by atoms with van der Waals surface area (Å²) in [6.07, 6.45) is 0. The van der Waals surface area contributed by atoms with E-state index in [0.29, 0.717) is 38.4 Å². The molecule has 6 heteroatoms. The molecule has 0 N–H and O–H groups in total. The van der Waals surface area contributed by atoms with Crippen LogP contribution in [0.3, 0.4) is 0 Å². The Morgan fingerprint density at radius 3 is 2.39 bits per heavy atom. The summed E-state index contributed by atoms with van der Waals surface area (Å²) in [6, 6.07) is 12.1. The molecule has 0 aliphatic carbocycles. The van der Waals surface area contributed by atoms with E-state index in [2.05, 4.69) is 25.1 Å². The van der Waals surface area contributed by atoms with Crippen molar-refractivity contribution >= 4 is 22.9 Å². The summed E-state index contributed by atoms with van der Waals surface area (Å²) in [4.78, 5) is 28.4. The number of carbonyl (C=O) groups is 2. The molecule has 0 unspecified atom stereocenters. The largest absolute Gasteiger partial charge is 0.460 e. The Labute approximate surface area is 164 Å². The number of rotatable bonds is 3. The van der Waals surface area contributed by atoms with E-state index in [1.807, 2.05) is 34.6 Å². The first-order chi connectivity index (χ1) is 13.4. The van der Waals surface area contributed by atoms with Crippen LogP contribution >= 0.6 is 0 Å². The van der Waals surface area contributed by atoms with Gasteiger partial charge in [-0.3, -0.25) is 9.59 Å². The Morgan fingerprint density at radius 2 is 1.71 bits per heavy atom. The van der Waals surface area contributed by atoms with Gasteiger partial charge in [0.2, 0.25) is 5.91 Å². The summed E-state index contributed by atoms with van der Waals surface area (Å²) in [7, 11) is 0. The predicted molar refractivity (Wildman–Crippen MR) is 107 cm³/mol. The van der Waals surface area contributed by atoms with Gasteiger partial charge in [0.1, 0.15) is 11.5 Å². The fourth-order valence-electron chi connectivity index (χ4n) is 3.89. The molecular weight excluding hydrogens is 354 g/mol. The van der Waals surface area contributed by atoms with Crippen molar-refractivity contribution in [3.63, 3.8) is 0 Å². The van der Waals surface area contributed by atoms with E-state index >= 15 is 0 Å². The highest BCUT2D eigenvalue weighted by Crippen LogP contribution is 2.26. The fourth-order valence-corrected chi connectivity index (χ4v) is 3.89. The number of carbonyl (C=O) groups excluding carboxylic acids is 2. The van der Waals surface area contributed by atoms with Crippen LogP contribution in [-0.4, -0.2) is 52.4 Å². The molecule has 1 fully saturated rings. The molecule has 3 aromatic rings. The predicted octanol–water partition coefficient (Wildman–Crippen LogP) is 3.20. The fraction of sp³-hybridized carbons (Fsp3) is 0.364. The third kappa shape index (κ3) is 3.42. The monoisotopic (exact) mass is 379 g/mol. The molecule has 1 aliphatic rings. The third-order valence-corrected chi connectivity index (χ3v) is 5.37. The Balaban J connectivity index is 1.66. The lowest BCUT2D eigenvalue weighted by Gasteiger charge is -2.34. The lowest BCUT2D eigenvalue weighted by Crippen LogP contribution is -2.50. The Hall–Kier alpha value is -3.02. The summed E-state index contributed by atoms with van der Waals surface area (Å²) in [5, 5.41) is 0.